The summed E-state index contributed by atoms with van der Waals surface area (Å²) in [5.41, 5.74) is 0.760. The summed E-state index contributed by atoms with van der Waals surface area (Å²) in [6.07, 6.45) is -0.138. The van der Waals surface area contributed by atoms with Crippen molar-refractivity contribution in [2.45, 2.75) is 44.6 Å². The summed E-state index contributed by atoms with van der Waals surface area (Å²) in [4.78, 5) is 0. The van der Waals surface area contributed by atoms with Crippen LogP contribution in [0.2, 0.25) is 0 Å². The van der Waals surface area contributed by atoms with Gasteiger partial charge in [-0.25, -0.2) is 0 Å². The molecule has 2 unspecified atom stereocenters. The van der Waals surface area contributed by atoms with E-state index < -0.39 is 6.29 Å². The highest BCUT2D eigenvalue weighted by molar-refractivity contribution is 5.56. The molecule has 3 rings (SSSR count). The molecule has 20 heavy (non-hydrogen) atoms. The fraction of sp³-hybridized carbons (Fsp3) is 0.571. The van der Waals surface area contributed by atoms with Gasteiger partial charge in [-0.05, 0) is 44.9 Å². The Morgan fingerprint density at radius 1 is 1.40 bits per heavy atom. The molecule has 2 aliphatic heterocycles. The quantitative estimate of drug-likeness (QED) is 0.892. The molecule has 1 saturated heterocycles. The van der Waals surface area contributed by atoms with E-state index in [2.05, 4.69) is 27.0 Å². The maximum atomic E-state index is 12.9. The summed E-state index contributed by atoms with van der Waals surface area (Å²) in [5.74, 6) is 0.150. The lowest BCUT2D eigenvalue weighted by Gasteiger charge is -2.19. The predicted molar refractivity (Wildman–Crippen MR) is 71.4 cm³/mol. The molecule has 2 atom stereocenters. The number of rotatable bonds is 4. The molecule has 0 amide bonds. The molecule has 0 spiro atoms. The summed E-state index contributed by atoms with van der Waals surface area (Å²) in [7, 11) is 0. The van der Waals surface area contributed by atoms with Crippen molar-refractivity contribution in [1.82, 2.24) is 5.32 Å². The molecule has 6 heteroatoms. The molecule has 0 saturated carbocycles. The smallest absolute Gasteiger partial charge is 0.395 e. The van der Waals surface area contributed by atoms with Crippen LogP contribution in [-0.4, -0.2) is 24.9 Å². The first kappa shape index (κ1) is 13.4. The second kappa shape index (κ2) is 5.09. The summed E-state index contributed by atoms with van der Waals surface area (Å²) in [5, 5.41) is 6.75. The second-order valence-corrected chi connectivity index (χ2v) is 5.40. The maximum absolute atomic E-state index is 12.9. The van der Waals surface area contributed by atoms with Crippen LogP contribution in [0.15, 0.2) is 18.2 Å². The first-order chi connectivity index (χ1) is 9.52. The zero-order chi connectivity index (χ0) is 14.2. The monoisotopic (exact) mass is 284 g/mol. The SMILES string of the molecule is CC(CC1CCCN1)Nc1ccc2c(c1)OC(F)(F)O2. The Morgan fingerprint density at radius 2 is 2.20 bits per heavy atom. The fourth-order valence-electron chi connectivity index (χ4n) is 2.77. The van der Waals surface area contributed by atoms with Crippen molar-refractivity contribution >= 4 is 5.69 Å². The summed E-state index contributed by atoms with van der Waals surface area (Å²) >= 11 is 0. The number of ether oxygens (including phenoxy) is 2. The molecule has 1 aromatic rings. The van der Waals surface area contributed by atoms with Crippen LogP contribution in [-0.2, 0) is 0 Å². The van der Waals surface area contributed by atoms with Crippen LogP contribution >= 0.6 is 0 Å². The van der Waals surface area contributed by atoms with Crippen molar-refractivity contribution in [3.8, 4) is 11.5 Å². The van der Waals surface area contributed by atoms with Gasteiger partial charge >= 0.3 is 6.29 Å². The Kier molecular flexibility index (Phi) is 3.41. The number of halogens is 2. The fourth-order valence-corrected chi connectivity index (χ4v) is 2.77. The molecular weight excluding hydrogens is 266 g/mol. The number of alkyl halides is 2. The van der Waals surface area contributed by atoms with E-state index >= 15 is 0 Å². The van der Waals surface area contributed by atoms with Gasteiger partial charge in [0.2, 0.25) is 0 Å². The van der Waals surface area contributed by atoms with Crippen molar-refractivity contribution < 1.29 is 18.3 Å². The topological polar surface area (TPSA) is 42.5 Å². The van der Waals surface area contributed by atoms with Gasteiger partial charge in [0.05, 0.1) is 0 Å². The minimum absolute atomic E-state index is 0.0747. The van der Waals surface area contributed by atoms with E-state index in [0.29, 0.717) is 6.04 Å². The van der Waals surface area contributed by atoms with Gasteiger partial charge in [0, 0.05) is 23.8 Å². The van der Waals surface area contributed by atoms with Crippen LogP contribution in [0, 0.1) is 0 Å². The number of hydrogen-bond acceptors (Lipinski definition) is 4. The number of anilines is 1. The first-order valence-corrected chi connectivity index (χ1v) is 6.92. The number of nitrogens with one attached hydrogen (secondary N) is 2. The normalized spacial score (nSPS) is 24.6. The Hall–Kier alpha value is -1.56. The van der Waals surface area contributed by atoms with Gasteiger partial charge in [0.15, 0.2) is 11.5 Å². The zero-order valence-corrected chi connectivity index (χ0v) is 11.3. The zero-order valence-electron chi connectivity index (χ0n) is 11.3. The molecule has 4 nitrogen and oxygen atoms in total. The number of benzene rings is 1. The van der Waals surface area contributed by atoms with Crippen LogP contribution in [0.5, 0.6) is 11.5 Å². The molecule has 2 N–H and O–H groups in total. The van der Waals surface area contributed by atoms with E-state index in [1.54, 1.807) is 12.1 Å². The van der Waals surface area contributed by atoms with Gasteiger partial charge < -0.3 is 20.1 Å². The molecular formula is C14H18F2N2O2. The predicted octanol–water partition coefficient (Wildman–Crippen LogP) is 2.95. The van der Waals surface area contributed by atoms with Crippen molar-refractivity contribution in [3.05, 3.63) is 18.2 Å². The highest BCUT2D eigenvalue weighted by atomic mass is 19.3. The Bertz CT molecular complexity index is 490. The third-order valence-corrected chi connectivity index (χ3v) is 3.61. The lowest BCUT2D eigenvalue weighted by atomic mass is 10.1. The van der Waals surface area contributed by atoms with Crippen LogP contribution < -0.4 is 20.1 Å². The van der Waals surface area contributed by atoms with Gasteiger partial charge in [-0.3, -0.25) is 0 Å². The maximum Gasteiger partial charge on any atom is 0.586 e. The van der Waals surface area contributed by atoms with Gasteiger partial charge in [0.1, 0.15) is 0 Å². The molecule has 1 aromatic carbocycles. The van der Waals surface area contributed by atoms with Crippen molar-refractivity contribution in [1.29, 1.82) is 0 Å². The van der Waals surface area contributed by atoms with E-state index in [9.17, 15) is 8.78 Å². The lowest BCUT2D eigenvalue weighted by Crippen LogP contribution is -2.29. The molecule has 0 aromatic heterocycles. The molecule has 1 fully saturated rings. The average Bonchev–Trinajstić information content (AvgIpc) is 2.94. The van der Waals surface area contributed by atoms with Crippen molar-refractivity contribution in [2.24, 2.45) is 0 Å². The van der Waals surface area contributed by atoms with Gasteiger partial charge in [-0.15, -0.1) is 8.78 Å². The van der Waals surface area contributed by atoms with Crippen LogP contribution in [0.4, 0.5) is 14.5 Å². The van der Waals surface area contributed by atoms with Crippen LogP contribution in [0.1, 0.15) is 26.2 Å². The molecule has 0 bridgehead atoms. The minimum atomic E-state index is -3.56. The van der Waals surface area contributed by atoms with Crippen molar-refractivity contribution in [2.75, 3.05) is 11.9 Å². The standard InChI is InChI=1S/C14H18F2N2O2/c1-9(7-10-3-2-6-17-10)18-11-4-5-12-13(8-11)20-14(15,16)19-12/h4-5,8-10,17-18H,2-3,6-7H2,1H3. The highest BCUT2D eigenvalue weighted by Gasteiger charge is 2.43. The second-order valence-electron chi connectivity index (χ2n) is 5.40. The van der Waals surface area contributed by atoms with E-state index in [0.717, 1.165) is 18.7 Å². The van der Waals surface area contributed by atoms with E-state index in [-0.39, 0.29) is 17.5 Å². The van der Waals surface area contributed by atoms with E-state index in [1.165, 1.54) is 18.9 Å². The Labute approximate surface area is 116 Å². The molecule has 0 aliphatic carbocycles. The lowest BCUT2D eigenvalue weighted by molar-refractivity contribution is -0.286. The van der Waals surface area contributed by atoms with E-state index in [1.807, 2.05) is 0 Å². The highest BCUT2D eigenvalue weighted by Crippen LogP contribution is 2.42. The Balaban J connectivity index is 1.61. The third kappa shape index (κ3) is 2.95. The third-order valence-electron chi connectivity index (χ3n) is 3.61. The average molecular weight is 284 g/mol. The molecule has 0 radical (unpaired) electrons. The van der Waals surface area contributed by atoms with Gasteiger partial charge in [0.25, 0.3) is 0 Å². The van der Waals surface area contributed by atoms with Crippen LogP contribution in [0.3, 0.4) is 0 Å². The first-order valence-electron chi connectivity index (χ1n) is 6.92. The van der Waals surface area contributed by atoms with Crippen LogP contribution in [0.25, 0.3) is 0 Å². The Morgan fingerprint density at radius 3 is 2.95 bits per heavy atom. The number of hydrogen-bond donors (Lipinski definition) is 2. The minimum Gasteiger partial charge on any atom is -0.395 e. The molecule has 2 heterocycles. The molecule has 110 valence electrons. The molecule has 2 aliphatic rings. The summed E-state index contributed by atoms with van der Waals surface area (Å²) in [6, 6.07) is 5.57. The summed E-state index contributed by atoms with van der Waals surface area (Å²) in [6.45, 7) is 3.16. The summed E-state index contributed by atoms with van der Waals surface area (Å²) < 4.78 is 34.7. The largest absolute Gasteiger partial charge is 0.586 e. The van der Waals surface area contributed by atoms with E-state index in [4.69, 9.17) is 0 Å². The van der Waals surface area contributed by atoms with Gasteiger partial charge in [-0.2, -0.15) is 0 Å². The van der Waals surface area contributed by atoms with Crippen molar-refractivity contribution in [3.63, 3.8) is 0 Å². The van der Waals surface area contributed by atoms with Gasteiger partial charge in [-0.1, -0.05) is 0 Å². The number of fused-ring (bicyclic) bond motifs is 1.